The number of hydrogen-bond acceptors (Lipinski definition) is 2. The number of fused-ring (bicyclic) bond motifs is 5. The summed E-state index contributed by atoms with van der Waals surface area (Å²) in [6.07, 6.45) is 9.08. The van der Waals surface area contributed by atoms with Gasteiger partial charge in [-0.25, -0.2) is 0 Å². The molecule has 0 N–H and O–H groups in total. The zero-order valence-electron chi connectivity index (χ0n) is 13.2. The van der Waals surface area contributed by atoms with Gasteiger partial charge in [-0.15, -0.1) is 0 Å². The average molecular weight is 286 g/mol. The fourth-order valence-electron chi connectivity index (χ4n) is 6.36. The highest BCUT2D eigenvalue weighted by Crippen LogP contribution is 2.61. The number of ketones is 2. The van der Waals surface area contributed by atoms with Crippen LogP contribution in [0.4, 0.5) is 0 Å². The van der Waals surface area contributed by atoms with Gasteiger partial charge in [0.15, 0.2) is 5.78 Å². The van der Waals surface area contributed by atoms with E-state index < -0.39 is 0 Å². The van der Waals surface area contributed by atoms with Crippen molar-refractivity contribution < 1.29 is 9.59 Å². The highest BCUT2D eigenvalue weighted by Gasteiger charge is 2.57. The number of hydrogen-bond donors (Lipinski definition) is 0. The smallest absolute Gasteiger partial charge is 0.155 e. The maximum atomic E-state index is 12.4. The Balaban J connectivity index is 1.70. The van der Waals surface area contributed by atoms with Crippen molar-refractivity contribution in [3.63, 3.8) is 0 Å². The molecule has 0 bridgehead atoms. The van der Waals surface area contributed by atoms with E-state index in [2.05, 4.69) is 13.8 Å². The minimum absolute atomic E-state index is 0.0267. The molecular weight excluding hydrogens is 260 g/mol. The second-order valence-electron chi connectivity index (χ2n) is 8.28. The summed E-state index contributed by atoms with van der Waals surface area (Å²) in [4.78, 5) is 24.1. The highest BCUT2D eigenvalue weighted by atomic mass is 16.1. The molecule has 0 radical (unpaired) electrons. The van der Waals surface area contributed by atoms with E-state index in [0.29, 0.717) is 35.2 Å². The molecule has 0 amide bonds. The molecule has 3 saturated carbocycles. The fourth-order valence-corrected chi connectivity index (χ4v) is 6.36. The van der Waals surface area contributed by atoms with E-state index in [9.17, 15) is 9.59 Å². The standard InChI is InChI=1S/C19H26O2/c1-11-9-12-10-13(20)3-4-14(12)15-7-8-19(2)16(18(11)15)5-6-17(19)21/h10-11,14-16,18H,3-9H2,1-2H3/t11?,14-,15?,16?,18?,19-/m0/s1. The van der Waals surface area contributed by atoms with Crippen LogP contribution in [-0.2, 0) is 9.59 Å². The van der Waals surface area contributed by atoms with Crippen LogP contribution < -0.4 is 0 Å². The Labute approximate surface area is 127 Å². The summed E-state index contributed by atoms with van der Waals surface area (Å²) in [5.41, 5.74) is 1.41. The molecule has 4 aliphatic rings. The predicted octanol–water partition coefficient (Wildman–Crippen LogP) is 3.94. The lowest BCUT2D eigenvalue weighted by atomic mass is 9.50. The number of rotatable bonds is 0. The first-order valence-corrected chi connectivity index (χ1v) is 8.77. The zero-order valence-corrected chi connectivity index (χ0v) is 13.2. The van der Waals surface area contributed by atoms with Crippen molar-refractivity contribution in [2.24, 2.45) is 35.0 Å². The molecule has 0 heterocycles. The van der Waals surface area contributed by atoms with Crippen LogP contribution in [0, 0.1) is 35.0 Å². The summed E-state index contributed by atoms with van der Waals surface area (Å²) >= 11 is 0. The largest absolute Gasteiger partial charge is 0.299 e. The van der Waals surface area contributed by atoms with Crippen molar-refractivity contribution >= 4 is 11.6 Å². The van der Waals surface area contributed by atoms with Crippen molar-refractivity contribution in [2.45, 2.75) is 58.8 Å². The molecule has 21 heavy (non-hydrogen) atoms. The first kappa shape index (κ1) is 13.7. The van der Waals surface area contributed by atoms with E-state index in [1.807, 2.05) is 6.08 Å². The quantitative estimate of drug-likeness (QED) is 0.676. The molecule has 4 unspecified atom stereocenters. The van der Waals surface area contributed by atoms with Crippen LogP contribution in [-0.4, -0.2) is 11.6 Å². The fraction of sp³-hybridized carbons (Fsp3) is 0.789. The third-order valence-corrected chi connectivity index (χ3v) is 7.35. The van der Waals surface area contributed by atoms with Gasteiger partial charge in [0, 0.05) is 18.3 Å². The van der Waals surface area contributed by atoms with Crippen LogP contribution in [0.2, 0.25) is 0 Å². The van der Waals surface area contributed by atoms with E-state index in [1.54, 1.807) is 0 Å². The monoisotopic (exact) mass is 286 g/mol. The van der Waals surface area contributed by atoms with Gasteiger partial charge in [-0.1, -0.05) is 19.4 Å². The average Bonchev–Trinajstić information content (AvgIpc) is 2.74. The molecule has 0 aliphatic heterocycles. The third kappa shape index (κ3) is 1.83. The summed E-state index contributed by atoms with van der Waals surface area (Å²) in [6.45, 7) is 4.61. The molecule has 114 valence electrons. The zero-order chi connectivity index (χ0) is 14.8. The lowest BCUT2D eigenvalue weighted by molar-refractivity contribution is -0.132. The molecule has 4 rings (SSSR count). The van der Waals surface area contributed by atoms with Crippen molar-refractivity contribution in [1.82, 2.24) is 0 Å². The van der Waals surface area contributed by atoms with E-state index >= 15 is 0 Å². The Kier molecular flexibility index (Phi) is 2.96. The van der Waals surface area contributed by atoms with Crippen LogP contribution >= 0.6 is 0 Å². The topological polar surface area (TPSA) is 34.1 Å². The Morgan fingerprint density at radius 3 is 2.76 bits per heavy atom. The molecule has 6 atom stereocenters. The molecule has 0 aromatic rings. The van der Waals surface area contributed by atoms with Crippen LogP contribution in [0.15, 0.2) is 11.6 Å². The number of Topliss-reactive ketones (excluding diaryl/α,β-unsaturated/α-hetero) is 1. The molecule has 0 aromatic carbocycles. The van der Waals surface area contributed by atoms with E-state index in [-0.39, 0.29) is 5.41 Å². The predicted molar refractivity (Wildman–Crippen MR) is 81.6 cm³/mol. The van der Waals surface area contributed by atoms with Gasteiger partial charge >= 0.3 is 0 Å². The van der Waals surface area contributed by atoms with Crippen molar-refractivity contribution in [3.8, 4) is 0 Å². The minimum Gasteiger partial charge on any atom is -0.299 e. The normalized spacial score (nSPS) is 49.2. The van der Waals surface area contributed by atoms with Gasteiger partial charge < -0.3 is 0 Å². The Bertz CT molecular complexity index is 532. The van der Waals surface area contributed by atoms with E-state index in [1.165, 1.54) is 12.0 Å². The lowest BCUT2D eigenvalue weighted by Crippen LogP contribution is -2.49. The van der Waals surface area contributed by atoms with Crippen LogP contribution in [0.5, 0.6) is 0 Å². The lowest BCUT2D eigenvalue weighted by Gasteiger charge is -2.54. The Hall–Kier alpha value is -0.920. The number of carbonyl (C=O) groups excluding carboxylic acids is 2. The Morgan fingerprint density at radius 2 is 1.95 bits per heavy atom. The van der Waals surface area contributed by atoms with Gasteiger partial charge in [0.05, 0.1) is 0 Å². The maximum absolute atomic E-state index is 12.4. The summed E-state index contributed by atoms with van der Waals surface area (Å²) in [5, 5.41) is 0. The molecule has 3 fully saturated rings. The summed E-state index contributed by atoms with van der Waals surface area (Å²) < 4.78 is 0. The first-order chi connectivity index (χ1) is 10.0. The van der Waals surface area contributed by atoms with Gasteiger partial charge in [-0.3, -0.25) is 9.59 Å². The van der Waals surface area contributed by atoms with E-state index in [4.69, 9.17) is 0 Å². The van der Waals surface area contributed by atoms with Crippen molar-refractivity contribution in [3.05, 3.63) is 11.6 Å². The number of allylic oxidation sites excluding steroid dienone is 1. The minimum atomic E-state index is -0.0267. The third-order valence-electron chi connectivity index (χ3n) is 7.35. The number of carbonyl (C=O) groups is 2. The molecule has 0 saturated heterocycles. The second kappa shape index (κ2) is 4.54. The van der Waals surface area contributed by atoms with Gasteiger partial charge in [0.25, 0.3) is 0 Å². The van der Waals surface area contributed by atoms with Crippen molar-refractivity contribution in [2.75, 3.05) is 0 Å². The molecule has 2 heteroatoms. The van der Waals surface area contributed by atoms with Crippen LogP contribution in [0.1, 0.15) is 58.8 Å². The molecular formula is C19H26O2. The maximum Gasteiger partial charge on any atom is 0.155 e. The molecule has 0 aromatic heterocycles. The van der Waals surface area contributed by atoms with Crippen LogP contribution in [0.25, 0.3) is 0 Å². The highest BCUT2D eigenvalue weighted by molar-refractivity contribution is 5.91. The molecule has 0 spiro atoms. The van der Waals surface area contributed by atoms with Gasteiger partial charge in [0.1, 0.15) is 5.78 Å². The Morgan fingerprint density at radius 1 is 1.14 bits per heavy atom. The van der Waals surface area contributed by atoms with E-state index in [0.717, 1.165) is 44.4 Å². The van der Waals surface area contributed by atoms with Crippen molar-refractivity contribution in [1.29, 1.82) is 0 Å². The van der Waals surface area contributed by atoms with Crippen LogP contribution in [0.3, 0.4) is 0 Å². The second-order valence-corrected chi connectivity index (χ2v) is 8.28. The molecule has 4 aliphatic carbocycles. The SMILES string of the molecule is CC1CC2=CC(=O)CC[C@@H]2C2CC[C@]3(C)C(=O)CCC3C12. The van der Waals surface area contributed by atoms with Gasteiger partial charge in [-0.2, -0.15) is 0 Å². The summed E-state index contributed by atoms with van der Waals surface area (Å²) in [5.74, 6) is 4.20. The van der Waals surface area contributed by atoms with Gasteiger partial charge in [-0.05, 0) is 67.8 Å². The van der Waals surface area contributed by atoms with Gasteiger partial charge in [0.2, 0.25) is 0 Å². The summed E-state index contributed by atoms with van der Waals surface area (Å²) in [7, 11) is 0. The summed E-state index contributed by atoms with van der Waals surface area (Å²) in [6, 6.07) is 0. The molecule has 2 nitrogen and oxygen atoms in total. The first-order valence-electron chi connectivity index (χ1n) is 8.77.